The van der Waals surface area contributed by atoms with Crippen LogP contribution in [-0.2, 0) is 4.79 Å². The lowest BCUT2D eigenvalue weighted by Crippen LogP contribution is -2.43. The molecule has 0 bridgehead atoms. The number of aryl methyl sites for hydroxylation is 2. The van der Waals surface area contributed by atoms with E-state index in [-0.39, 0.29) is 17.7 Å². The smallest absolute Gasteiger partial charge is 0.253 e. The molecule has 2 amide bonds. The number of nitrogens with zero attached hydrogens (tertiary/aromatic N) is 2. The van der Waals surface area contributed by atoms with Crippen LogP contribution in [0.15, 0.2) is 41.0 Å². The highest BCUT2D eigenvalue weighted by atomic mass is 79.9. The average molecular weight is 416 g/mol. The van der Waals surface area contributed by atoms with Crippen LogP contribution in [-0.4, -0.2) is 34.8 Å². The first-order chi connectivity index (χ1) is 12.4. The maximum Gasteiger partial charge on any atom is 0.253 e. The molecule has 2 heterocycles. The molecule has 1 fully saturated rings. The van der Waals surface area contributed by atoms with Crippen molar-refractivity contribution in [2.24, 2.45) is 5.92 Å². The second-order valence-electron chi connectivity index (χ2n) is 6.82. The zero-order valence-electron chi connectivity index (χ0n) is 15.0. The summed E-state index contributed by atoms with van der Waals surface area (Å²) in [6, 6.07) is 9.45. The Labute approximate surface area is 161 Å². The van der Waals surface area contributed by atoms with Crippen LogP contribution < -0.4 is 5.32 Å². The van der Waals surface area contributed by atoms with Gasteiger partial charge in [-0.15, -0.1) is 0 Å². The van der Waals surface area contributed by atoms with E-state index >= 15 is 0 Å². The Kier molecular flexibility index (Phi) is 5.71. The third-order valence-electron chi connectivity index (χ3n) is 4.53. The number of nitrogens with one attached hydrogen (secondary N) is 1. The van der Waals surface area contributed by atoms with Gasteiger partial charge in [0.1, 0.15) is 5.82 Å². The van der Waals surface area contributed by atoms with E-state index in [0.717, 1.165) is 28.4 Å². The maximum absolute atomic E-state index is 12.8. The lowest BCUT2D eigenvalue weighted by Gasteiger charge is -2.32. The van der Waals surface area contributed by atoms with Crippen LogP contribution >= 0.6 is 15.9 Å². The summed E-state index contributed by atoms with van der Waals surface area (Å²) in [5.41, 5.74) is 2.83. The van der Waals surface area contributed by atoms with Gasteiger partial charge >= 0.3 is 0 Å². The predicted octanol–water partition coefficient (Wildman–Crippen LogP) is 3.95. The summed E-state index contributed by atoms with van der Waals surface area (Å²) in [4.78, 5) is 31.4. The molecule has 26 heavy (non-hydrogen) atoms. The van der Waals surface area contributed by atoms with Gasteiger partial charge in [0.25, 0.3) is 5.91 Å². The number of carbonyl (C=O) groups excluding carboxylic acids is 2. The third-order valence-corrected chi connectivity index (χ3v) is 5.00. The van der Waals surface area contributed by atoms with Crippen molar-refractivity contribution >= 4 is 33.6 Å². The van der Waals surface area contributed by atoms with E-state index < -0.39 is 0 Å². The number of piperidine rings is 1. The highest BCUT2D eigenvalue weighted by Gasteiger charge is 2.29. The zero-order valence-corrected chi connectivity index (χ0v) is 16.5. The van der Waals surface area contributed by atoms with Gasteiger partial charge in [-0.2, -0.15) is 0 Å². The van der Waals surface area contributed by atoms with Gasteiger partial charge in [0.2, 0.25) is 5.91 Å². The van der Waals surface area contributed by atoms with Gasteiger partial charge in [-0.1, -0.05) is 17.2 Å². The van der Waals surface area contributed by atoms with Crippen LogP contribution in [0.1, 0.15) is 34.3 Å². The summed E-state index contributed by atoms with van der Waals surface area (Å²) in [6.45, 7) is 5.10. The summed E-state index contributed by atoms with van der Waals surface area (Å²) in [7, 11) is 0. The summed E-state index contributed by atoms with van der Waals surface area (Å²) in [5.74, 6) is 0.217. The molecule has 1 saturated heterocycles. The summed E-state index contributed by atoms with van der Waals surface area (Å²) < 4.78 is 0.860. The molecule has 1 aromatic carbocycles. The first-order valence-corrected chi connectivity index (χ1v) is 9.51. The fourth-order valence-corrected chi connectivity index (χ4v) is 3.57. The molecule has 0 saturated carbocycles. The van der Waals surface area contributed by atoms with E-state index in [0.29, 0.717) is 24.5 Å². The van der Waals surface area contributed by atoms with Crippen LogP contribution in [0.5, 0.6) is 0 Å². The van der Waals surface area contributed by atoms with Crippen molar-refractivity contribution in [2.45, 2.75) is 26.7 Å². The second-order valence-corrected chi connectivity index (χ2v) is 7.73. The fourth-order valence-electron chi connectivity index (χ4n) is 3.33. The number of carbonyl (C=O) groups is 2. The van der Waals surface area contributed by atoms with Crippen LogP contribution in [0.4, 0.5) is 5.82 Å². The highest BCUT2D eigenvalue weighted by Crippen LogP contribution is 2.21. The van der Waals surface area contributed by atoms with Gasteiger partial charge in [0, 0.05) is 29.3 Å². The molecule has 2 aromatic rings. The van der Waals surface area contributed by atoms with Crippen molar-refractivity contribution in [3.05, 3.63) is 57.7 Å². The number of hydrogen-bond donors (Lipinski definition) is 1. The molecule has 1 aliphatic heterocycles. The molecular weight excluding hydrogens is 394 g/mol. The number of anilines is 1. The molecule has 1 atom stereocenters. The zero-order chi connectivity index (χ0) is 18.7. The van der Waals surface area contributed by atoms with Crippen LogP contribution in [0.25, 0.3) is 0 Å². The molecule has 0 radical (unpaired) electrons. The van der Waals surface area contributed by atoms with Crippen molar-refractivity contribution < 1.29 is 9.59 Å². The Bertz CT molecular complexity index is 800. The molecular formula is C20H22BrN3O2. The highest BCUT2D eigenvalue weighted by molar-refractivity contribution is 9.10. The van der Waals surface area contributed by atoms with Gasteiger partial charge in [-0.25, -0.2) is 4.98 Å². The molecule has 6 heteroatoms. The van der Waals surface area contributed by atoms with Crippen molar-refractivity contribution in [3.63, 3.8) is 0 Å². The van der Waals surface area contributed by atoms with Crippen molar-refractivity contribution in [1.82, 2.24) is 9.88 Å². The van der Waals surface area contributed by atoms with Crippen molar-refractivity contribution in [1.29, 1.82) is 0 Å². The minimum atomic E-state index is -0.218. The van der Waals surface area contributed by atoms with Gasteiger partial charge in [0.05, 0.1) is 5.92 Å². The molecule has 3 rings (SSSR count). The van der Waals surface area contributed by atoms with Crippen molar-refractivity contribution in [3.8, 4) is 0 Å². The van der Waals surface area contributed by atoms with Gasteiger partial charge in [-0.3, -0.25) is 9.59 Å². The van der Waals surface area contributed by atoms with E-state index in [2.05, 4.69) is 32.3 Å². The standard InChI is InChI=1S/C20H22BrN3O2/c1-13-8-14(2)10-16(9-13)20(26)24-7-3-4-15(12-24)19(25)23-18-6-5-17(21)11-22-18/h5-6,8-11,15H,3-4,7,12H2,1-2H3,(H,22,23,25). The Hall–Kier alpha value is -2.21. The normalized spacial score (nSPS) is 17.0. The molecule has 0 aliphatic carbocycles. The van der Waals surface area contributed by atoms with Crippen LogP contribution in [0, 0.1) is 19.8 Å². The molecule has 1 aromatic heterocycles. The van der Waals surface area contributed by atoms with E-state index in [1.807, 2.05) is 32.0 Å². The Balaban J connectivity index is 1.67. The third kappa shape index (κ3) is 4.49. The van der Waals surface area contributed by atoms with Crippen LogP contribution in [0.3, 0.4) is 0 Å². The Morgan fingerprint density at radius 3 is 2.58 bits per heavy atom. The number of rotatable bonds is 3. The molecule has 0 spiro atoms. The van der Waals surface area contributed by atoms with E-state index in [9.17, 15) is 9.59 Å². The fraction of sp³-hybridized carbons (Fsp3) is 0.350. The minimum Gasteiger partial charge on any atom is -0.338 e. The SMILES string of the molecule is Cc1cc(C)cc(C(=O)N2CCCC(C(=O)Nc3ccc(Br)cn3)C2)c1. The topological polar surface area (TPSA) is 62.3 Å². The number of hydrogen-bond acceptors (Lipinski definition) is 3. The lowest BCUT2D eigenvalue weighted by molar-refractivity contribution is -0.121. The summed E-state index contributed by atoms with van der Waals surface area (Å²) >= 11 is 3.32. The number of halogens is 1. The van der Waals surface area contributed by atoms with E-state index in [1.165, 1.54) is 0 Å². The molecule has 1 unspecified atom stereocenters. The first-order valence-electron chi connectivity index (χ1n) is 8.72. The number of pyridine rings is 1. The largest absolute Gasteiger partial charge is 0.338 e. The molecule has 1 N–H and O–H groups in total. The van der Waals surface area contributed by atoms with Gasteiger partial charge < -0.3 is 10.2 Å². The lowest BCUT2D eigenvalue weighted by atomic mass is 9.96. The summed E-state index contributed by atoms with van der Waals surface area (Å²) in [6.07, 6.45) is 3.24. The van der Waals surface area contributed by atoms with E-state index in [4.69, 9.17) is 0 Å². The molecule has 136 valence electrons. The number of likely N-dealkylation sites (tertiary alicyclic amines) is 1. The van der Waals surface area contributed by atoms with Crippen molar-refractivity contribution in [2.75, 3.05) is 18.4 Å². The number of amides is 2. The van der Waals surface area contributed by atoms with Gasteiger partial charge in [-0.05, 0) is 66.9 Å². The second kappa shape index (κ2) is 7.99. The van der Waals surface area contributed by atoms with Gasteiger partial charge in [0.15, 0.2) is 0 Å². The maximum atomic E-state index is 12.8. The average Bonchev–Trinajstić information content (AvgIpc) is 2.62. The Morgan fingerprint density at radius 1 is 1.19 bits per heavy atom. The monoisotopic (exact) mass is 415 g/mol. The Morgan fingerprint density at radius 2 is 1.92 bits per heavy atom. The van der Waals surface area contributed by atoms with Crippen LogP contribution in [0.2, 0.25) is 0 Å². The molecule has 5 nitrogen and oxygen atoms in total. The predicted molar refractivity (Wildman–Crippen MR) is 105 cm³/mol. The number of aromatic nitrogens is 1. The quantitative estimate of drug-likeness (QED) is 0.824. The number of benzene rings is 1. The minimum absolute atomic E-state index is 0.00364. The molecule has 1 aliphatic rings. The summed E-state index contributed by atoms with van der Waals surface area (Å²) in [5, 5.41) is 2.85. The first kappa shape index (κ1) is 18.6. The van der Waals surface area contributed by atoms with E-state index in [1.54, 1.807) is 17.2 Å².